The first-order valence-electron chi connectivity index (χ1n) is 5.37. The average molecular weight is 184 g/mol. The molecular formula is C11H20O2. The van der Waals surface area contributed by atoms with E-state index in [1.54, 1.807) is 0 Å². The van der Waals surface area contributed by atoms with Gasteiger partial charge in [-0.2, -0.15) is 0 Å². The molecule has 0 saturated heterocycles. The van der Waals surface area contributed by atoms with E-state index in [4.69, 9.17) is 4.74 Å². The Bertz CT molecular complexity index is 159. The minimum absolute atomic E-state index is 0.00519. The van der Waals surface area contributed by atoms with E-state index < -0.39 is 0 Å². The fraction of sp³-hybridized carbons (Fsp3) is 0.909. The molecule has 2 nitrogen and oxygen atoms in total. The van der Waals surface area contributed by atoms with Gasteiger partial charge in [-0.3, -0.25) is 4.79 Å². The van der Waals surface area contributed by atoms with Crippen molar-refractivity contribution in [3.8, 4) is 0 Å². The number of hydrogen-bond acceptors (Lipinski definition) is 2. The molecule has 13 heavy (non-hydrogen) atoms. The van der Waals surface area contributed by atoms with Gasteiger partial charge in [0.2, 0.25) is 0 Å². The third-order valence-corrected chi connectivity index (χ3v) is 3.16. The van der Waals surface area contributed by atoms with Crippen LogP contribution in [0.15, 0.2) is 0 Å². The number of hydrogen-bond donors (Lipinski definition) is 0. The molecular weight excluding hydrogens is 164 g/mol. The largest absolute Gasteiger partial charge is 0.469 e. The number of carbonyl (C=O) groups excluding carboxylic acids is 1. The molecule has 1 fully saturated rings. The molecule has 0 amide bonds. The van der Waals surface area contributed by atoms with E-state index in [0.717, 1.165) is 6.42 Å². The monoisotopic (exact) mass is 184 g/mol. The summed E-state index contributed by atoms with van der Waals surface area (Å²) in [5.74, 6) is 0.742. The van der Waals surface area contributed by atoms with Crippen molar-refractivity contribution in [1.82, 2.24) is 0 Å². The predicted molar refractivity (Wildman–Crippen MR) is 52.4 cm³/mol. The third-order valence-electron chi connectivity index (χ3n) is 3.16. The molecule has 1 saturated carbocycles. The van der Waals surface area contributed by atoms with E-state index in [1.165, 1.54) is 39.2 Å². The normalized spacial score (nSPS) is 21.1. The zero-order valence-corrected chi connectivity index (χ0v) is 8.71. The summed E-state index contributed by atoms with van der Waals surface area (Å²) in [6.07, 6.45) is 7.28. The molecule has 1 aliphatic rings. The van der Waals surface area contributed by atoms with Gasteiger partial charge < -0.3 is 4.74 Å². The lowest BCUT2D eigenvalue weighted by atomic mass is 9.79. The smallest absolute Gasteiger partial charge is 0.308 e. The number of rotatable bonds is 3. The van der Waals surface area contributed by atoms with E-state index in [9.17, 15) is 4.79 Å². The minimum Gasteiger partial charge on any atom is -0.469 e. The molecule has 0 heterocycles. The van der Waals surface area contributed by atoms with Crippen LogP contribution in [0.2, 0.25) is 0 Å². The third kappa shape index (κ3) is 2.71. The summed E-state index contributed by atoms with van der Waals surface area (Å²) in [7, 11) is 1.49. The summed E-state index contributed by atoms with van der Waals surface area (Å²) in [6.45, 7) is 2.08. The maximum Gasteiger partial charge on any atom is 0.308 e. The van der Waals surface area contributed by atoms with Gasteiger partial charge >= 0.3 is 5.97 Å². The molecule has 0 spiro atoms. The highest BCUT2D eigenvalue weighted by Crippen LogP contribution is 2.32. The lowest BCUT2D eigenvalue weighted by molar-refractivity contribution is -0.148. The van der Waals surface area contributed by atoms with Crippen LogP contribution in [0.1, 0.15) is 45.4 Å². The van der Waals surface area contributed by atoms with Gasteiger partial charge in [-0.05, 0) is 25.2 Å². The molecule has 2 heteroatoms. The highest BCUT2D eigenvalue weighted by molar-refractivity contribution is 5.72. The first-order valence-corrected chi connectivity index (χ1v) is 5.37. The van der Waals surface area contributed by atoms with Crippen LogP contribution in [-0.2, 0) is 9.53 Å². The van der Waals surface area contributed by atoms with Crippen LogP contribution < -0.4 is 0 Å². The molecule has 0 radical (unpaired) electrons. The summed E-state index contributed by atoms with van der Waals surface area (Å²) in [5, 5.41) is 0. The summed E-state index contributed by atoms with van der Waals surface area (Å²) < 4.78 is 4.82. The van der Waals surface area contributed by atoms with Crippen molar-refractivity contribution < 1.29 is 9.53 Å². The second-order valence-corrected chi connectivity index (χ2v) is 3.94. The van der Waals surface area contributed by atoms with Gasteiger partial charge in [-0.15, -0.1) is 0 Å². The van der Waals surface area contributed by atoms with Crippen LogP contribution in [0, 0.1) is 11.8 Å². The van der Waals surface area contributed by atoms with Gasteiger partial charge in [-0.25, -0.2) is 0 Å². The Morgan fingerprint density at radius 3 is 2.46 bits per heavy atom. The lowest BCUT2D eigenvalue weighted by Gasteiger charge is -2.27. The maximum absolute atomic E-state index is 11.4. The number of esters is 1. The van der Waals surface area contributed by atoms with Gasteiger partial charge in [-0.1, -0.05) is 26.2 Å². The summed E-state index contributed by atoms with van der Waals surface area (Å²) in [6, 6.07) is 0. The van der Waals surface area contributed by atoms with Crippen molar-refractivity contribution in [2.24, 2.45) is 11.8 Å². The van der Waals surface area contributed by atoms with E-state index >= 15 is 0 Å². The Morgan fingerprint density at radius 1 is 1.38 bits per heavy atom. The van der Waals surface area contributed by atoms with Crippen LogP contribution in [0.25, 0.3) is 0 Å². The topological polar surface area (TPSA) is 26.3 Å². The Kier molecular flexibility index (Phi) is 4.26. The predicted octanol–water partition coefficient (Wildman–Crippen LogP) is 2.77. The van der Waals surface area contributed by atoms with Crippen molar-refractivity contribution in [2.45, 2.75) is 45.4 Å². The van der Waals surface area contributed by atoms with E-state index in [-0.39, 0.29) is 11.9 Å². The number of ether oxygens (including phenoxy) is 1. The second kappa shape index (κ2) is 5.25. The SMILES string of the molecule is CC[C@H](C(=O)OC)C1CCCCC1. The Morgan fingerprint density at radius 2 is 2.00 bits per heavy atom. The zero-order chi connectivity index (χ0) is 9.68. The number of methoxy groups -OCH3 is 1. The first kappa shape index (κ1) is 10.6. The molecule has 0 N–H and O–H groups in total. The Hall–Kier alpha value is -0.530. The minimum atomic E-state index is -0.00519. The van der Waals surface area contributed by atoms with Gasteiger partial charge in [0.1, 0.15) is 0 Å². The van der Waals surface area contributed by atoms with Gasteiger partial charge in [0.25, 0.3) is 0 Å². The fourth-order valence-corrected chi connectivity index (χ4v) is 2.38. The van der Waals surface area contributed by atoms with Crippen LogP contribution in [-0.4, -0.2) is 13.1 Å². The van der Waals surface area contributed by atoms with Crippen molar-refractivity contribution in [3.05, 3.63) is 0 Å². The molecule has 0 bridgehead atoms. The molecule has 0 unspecified atom stereocenters. The summed E-state index contributed by atoms with van der Waals surface area (Å²) in [5.41, 5.74) is 0. The number of carbonyl (C=O) groups is 1. The van der Waals surface area contributed by atoms with Crippen molar-refractivity contribution >= 4 is 5.97 Å². The molecule has 1 rings (SSSR count). The highest BCUT2D eigenvalue weighted by Gasteiger charge is 2.28. The molecule has 1 aliphatic carbocycles. The molecule has 0 aromatic rings. The van der Waals surface area contributed by atoms with Crippen LogP contribution in [0.5, 0.6) is 0 Å². The van der Waals surface area contributed by atoms with E-state index in [2.05, 4.69) is 6.92 Å². The molecule has 0 aliphatic heterocycles. The second-order valence-electron chi connectivity index (χ2n) is 3.94. The van der Waals surface area contributed by atoms with E-state index in [0.29, 0.717) is 5.92 Å². The fourth-order valence-electron chi connectivity index (χ4n) is 2.38. The van der Waals surface area contributed by atoms with Crippen LogP contribution in [0.3, 0.4) is 0 Å². The summed E-state index contributed by atoms with van der Waals surface area (Å²) >= 11 is 0. The standard InChI is InChI=1S/C11H20O2/c1-3-10(11(12)13-2)9-7-5-4-6-8-9/h9-10H,3-8H2,1-2H3/t10-/m0/s1. The van der Waals surface area contributed by atoms with E-state index in [1.807, 2.05) is 0 Å². The quantitative estimate of drug-likeness (QED) is 0.630. The average Bonchev–Trinajstić information content (AvgIpc) is 2.20. The first-order chi connectivity index (χ1) is 6.29. The van der Waals surface area contributed by atoms with Gasteiger partial charge in [0, 0.05) is 0 Å². The van der Waals surface area contributed by atoms with Gasteiger partial charge in [0.05, 0.1) is 13.0 Å². The van der Waals surface area contributed by atoms with Crippen LogP contribution >= 0.6 is 0 Å². The molecule has 0 aromatic heterocycles. The van der Waals surface area contributed by atoms with Crippen molar-refractivity contribution in [3.63, 3.8) is 0 Å². The van der Waals surface area contributed by atoms with Crippen molar-refractivity contribution in [1.29, 1.82) is 0 Å². The molecule has 1 atom stereocenters. The molecule has 0 aromatic carbocycles. The highest BCUT2D eigenvalue weighted by atomic mass is 16.5. The van der Waals surface area contributed by atoms with Crippen LogP contribution in [0.4, 0.5) is 0 Å². The van der Waals surface area contributed by atoms with Crippen molar-refractivity contribution in [2.75, 3.05) is 7.11 Å². The summed E-state index contributed by atoms with van der Waals surface area (Å²) in [4.78, 5) is 11.4. The van der Waals surface area contributed by atoms with Gasteiger partial charge in [0.15, 0.2) is 0 Å². The Balaban J connectivity index is 2.48. The maximum atomic E-state index is 11.4. The zero-order valence-electron chi connectivity index (χ0n) is 8.71. The molecule has 76 valence electrons. The Labute approximate surface area is 80.7 Å². The lowest BCUT2D eigenvalue weighted by Crippen LogP contribution is -2.26.